The fraction of sp³-hybridized carbons (Fsp3) is 0.538. The predicted molar refractivity (Wildman–Crippen MR) is 77.1 cm³/mol. The van der Waals surface area contributed by atoms with E-state index in [0.717, 1.165) is 11.2 Å². The molecule has 0 aliphatic rings. The number of hydrogen-bond acceptors (Lipinski definition) is 6. The van der Waals surface area contributed by atoms with Crippen molar-refractivity contribution in [3.05, 3.63) is 22.6 Å². The number of carbonyl (C=O) groups excluding carboxylic acids is 2. The maximum absolute atomic E-state index is 12.0. The number of nitrogens with zero attached hydrogens (tertiary/aromatic N) is 3. The standard InChI is InChI=1S/C13H20N4O4/c1-5-16(3)10-6-12(19)17(14-7-10)8-11(13(20)21-4)15-9(2)18/h6-7,11H,5,8H2,1-4H3,(H,15,18). The van der Waals surface area contributed by atoms with E-state index in [2.05, 4.69) is 15.2 Å². The van der Waals surface area contributed by atoms with Crippen molar-refractivity contribution in [3.8, 4) is 0 Å². The molecular formula is C13H20N4O4. The van der Waals surface area contributed by atoms with Crippen LogP contribution in [0.1, 0.15) is 13.8 Å². The second kappa shape index (κ2) is 7.41. The molecular weight excluding hydrogens is 276 g/mol. The van der Waals surface area contributed by atoms with Gasteiger partial charge < -0.3 is 15.0 Å². The molecule has 1 heterocycles. The Kier molecular flexibility index (Phi) is 5.89. The largest absolute Gasteiger partial charge is 0.467 e. The molecule has 0 saturated heterocycles. The van der Waals surface area contributed by atoms with E-state index >= 15 is 0 Å². The predicted octanol–water partition coefficient (Wildman–Crippen LogP) is -0.623. The quantitative estimate of drug-likeness (QED) is 0.703. The van der Waals surface area contributed by atoms with Crippen molar-refractivity contribution in [2.45, 2.75) is 26.4 Å². The summed E-state index contributed by atoms with van der Waals surface area (Å²) in [5.41, 5.74) is 0.333. The van der Waals surface area contributed by atoms with Gasteiger partial charge in [-0.3, -0.25) is 9.59 Å². The number of methoxy groups -OCH3 is 1. The Balaban J connectivity index is 2.96. The minimum Gasteiger partial charge on any atom is -0.467 e. The van der Waals surface area contributed by atoms with Crippen LogP contribution >= 0.6 is 0 Å². The minimum atomic E-state index is -0.951. The van der Waals surface area contributed by atoms with Crippen LogP contribution in [0.2, 0.25) is 0 Å². The average Bonchev–Trinajstić information content (AvgIpc) is 2.46. The van der Waals surface area contributed by atoms with Crippen LogP contribution < -0.4 is 15.8 Å². The number of aromatic nitrogens is 2. The molecule has 1 amide bonds. The molecule has 1 unspecified atom stereocenters. The number of esters is 1. The highest BCUT2D eigenvalue weighted by molar-refractivity contribution is 5.83. The molecule has 1 aromatic rings. The molecule has 116 valence electrons. The summed E-state index contributed by atoms with van der Waals surface area (Å²) < 4.78 is 5.72. The molecule has 0 bridgehead atoms. The summed E-state index contributed by atoms with van der Waals surface area (Å²) in [4.78, 5) is 36.6. The van der Waals surface area contributed by atoms with E-state index in [1.54, 1.807) is 0 Å². The monoisotopic (exact) mass is 296 g/mol. The maximum atomic E-state index is 12.0. The van der Waals surface area contributed by atoms with Gasteiger partial charge in [0.1, 0.15) is 6.04 Å². The zero-order chi connectivity index (χ0) is 16.0. The highest BCUT2D eigenvalue weighted by Gasteiger charge is 2.21. The van der Waals surface area contributed by atoms with E-state index in [9.17, 15) is 14.4 Å². The minimum absolute atomic E-state index is 0.0821. The summed E-state index contributed by atoms with van der Waals surface area (Å²) >= 11 is 0. The SMILES string of the molecule is CCN(C)c1cnn(CC(NC(C)=O)C(=O)OC)c(=O)c1. The summed E-state index contributed by atoms with van der Waals surface area (Å²) in [5, 5.41) is 6.45. The molecule has 21 heavy (non-hydrogen) atoms. The number of anilines is 1. The number of hydrogen-bond donors (Lipinski definition) is 1. The van der Waals surface area contributed by atoms with Crippen LogP contribution in [0.4, 0.5) is 5.69 Å². The maximum Gasteiger partial charge on any atom is 0.330 e. The number of nitrogens with one attached hydrogen (secondary N) is 1. The molecule has 1 N–H and O–H groups in total. The third-order valence-electron chi connectivity index (χ3n) is 2.99. The van der Waals surface area contributed by atoms with Gasteiger partial charge in [-0.05, 0) is 6.92 Å². The number of rotatable bonds is 6. The van der Waals surface area contributed by atoms with Gasteiger partial charge in [0.05, 0.1) is 25.5 Å². The highest BCUT2D eigenvalue weighted by Crippen LogP contribution is 2.06. The Morgan fingerprint density at radius 3 is 2.67 bits per heavy atom. The molecule has 8 heteroatoms. The van der Waals surface area contributed by atoms with Gasteiger partial charge in [-0.2, -0.15) is 5.10 Å². The van der Waals surface area contributed by atoms with Crippen LogP contribution in [-0.2, 0) is 20.9 Å². The lowest BCUT2D eigenvalue weighted by Crippen LogP contribution is -2.45. The number of ether oxygens (including phenoxy) is 1. The van der Waals surface area contributed by atoms with Gasteiger partial charge in [0, 0.05) is 26.6 Å². The topological polar surface area (TPSA) is 93.5 Å². The Hall–Kier alpha value is -2.38. The van der Waals surface area contributed by atoms with Gasteiger partial charge in [0.25, 0.3) is 5.56 Å². The third kappa shape index (κ3) is 4.59. The van der Waals surface area contributed by atoms with Crippen LogP contribution in [-0.4, -0.2) is 48.4 Å². The van der Waals surface area contributed by atoms with Crippen LogP contribution in [0.15, 0.2) is 17.1 Å². The molecule has 1 atom stereocenters. The lowest BCUT2D eigenvalue weighted by molar-refractivity contribution is -0.145. The third-order valence-corrected chi connectivity index (χ3v) is 2.99. The van der Waals surface area contributed by atoms with Crippen molar-refractivity contribution in [3.63, 3.8) is 0 Å². The molecule has 0 radical (unpaired) electrons. The van der Waals surface area contributed by atoms with E-state index in [1.165, 1.54) is 26.3 Å². The molecule has 1 rings (SSSR count). The average molecular weight is 296 g/mol. The molecule has 0 aliphatic heterocycles. The molecule has 0 saturated carbocycles. The zero-order valence-corrected chi connectivity index (χ0v) is 12.6. The second-order valence-corrected chi connectivity index (χ2v) is 4.52. The Labute approximate surface area is 122 Å². The van der Waals surface area contributed by atoms with Crippen molar-refractivity contribution in [1.29, 1.82) is 0 Å². The van der Waals surface area contributed by atoms with E-state index in [1.807, 2.05) is 18.9 Å². The van der Waals surface area contributed by atoms with E-state index in [0.29, 0.717) is 5.69 Å². The fourth-order valence-electron chi connectivity index (χ4n) is 1.69. The van der Waals surface area contributed by atoms with E-state index in [-0.39, 0.29) is 18.0 Å². The molecule has 0 fully saturated rings. The van der Waals surface area contributed by atoms with E-state index < -0.39 is 12.0 Å². The lowest BCUT2D eigenvalue weighted by Gasteiger charge is -2.18. The van der Waals surface area contributed by atoms with Crippen LogP contribution in [0.5, 0.6) is 0 Å². The fourth-order valence-corrected chi connectivity index (χ4v) is 1.69. The first-order chi connectivity index (χ1) is 9.88. The van der Waals surface area contributed by atoms with Gasteiger partial charge in [0.15, 0.2) is 0 Å². The van der Waals surface area contributed by atoms with Crippen LogP contribution in [0.3, 0.4) is 0 Å². The molecule has 0 spiro atoms. The Morgan fingerprint density at radius 1 is 1.52 bits per heavy atom. The zero-order valence-electron chi connectivity index (χ0n) is 12.6. The molecule has 1 aromatic heterocycles. The molecule has 0 aromatic carbocycles. The summed E-state index contributed by atoms with van der Waals surface area (Å²) in [5.74, 6) is -1.02. The van der Waals surface area contributed by atoms with Crippen molar-refractivity contribution < 1.29 is 14.3 Å². The summed E-state index contributed by atoms with van der Waals surface area (Å²) in [6, 6.07) is 0.478. The van der Waals surface area contributed by atoms with E-state index in [4.69, 9.17) is 0 Å². The molecule has 8 nitrogen and oxygen atoms in total. The van der Waals surface area contributed by atoms with Crippen LogP contribution in [0, 0.1) is 0 Å². The Bertz CT molecular complexity index is 570. The number of carbonyl (C=O) groups is 2. The van der Waals surface area contributed by atoms with Crippen molar-refractivity contribution in [2.24, 2.45) is 0 Å². The summed E-state index contributed by atoms with van der Waals surface area (Å²) in [6.45, 7) is 3.89. The Morgan fingerprint density at radius 2 is 2.19 bits per heavy atom. The molecule has 0 aliphatic carbocycles. The summed E-state index contributed by atoms with van der Waals surface area (Å²) in [6.07, 6.45) is 1.53. The van der Waals surface area contributed by atoms with Gasteiger partial charge >= 0.3 is 5.97 Å². The van der Waals surface area contributed by atoms with Gasteiger partial charge in [-0.15, -0.1) is 0 Å². The highest BCUT2D eigenvalue weighted by atomic mass is 16.5. The number of amides is 1. The summed E-state index contributed by atoms with van der Waals surface area (Å²) in [7, 11) is 3.06. The first-order valence-corrected chi connectivity index (χ1v) is 6.52. The first-order valence-electron chi connectivity index (χ1n) is 6.52. The van der Waals surface area contributed by atoms with Crippen molar-refractivity contribution in [1.82, 2.24) is 15.1 Å². The van der Waals surface area contributed by atoms with Gasteiger partial charge in [0.2, 0.25) is 5.91 Å². The van der Waals surface area contributed by atoms with Crippen molar-refractivity contribution in [2.75, 3.05) is 25.6 Å². The normalized spacial score (nSPS) is 11.6. The smallest absolute Gasteiger partial charge is 0.330 e. The first kappa shape index (κ1) is 16.7. The lowest BCUT2D eigenvalue weighted by atomic mass is 10.3. The van der Waals surface area contributed by atoms with Gasteiger partial charge in [-0.25, -0.2) is 9.48 Å². The van der Waals surface area contributed by atoms with Crippen molar-refractivity contribution >= 4 is 17.6 Å². The van der Waals surface area contributed by atoms with Crippen LogP contribution in [0.25, 0.3) is 0 Å². The second-order valence-electron chi connectivity index (χ2n) is 4.52. The van der Waals surface area contributed by atoms with Gasteiger partial charge in [-0.1, -0.05) is 0 Å².